The second-order valence-corrected chi connectivity index (χ2v) is 8.02. The Morgan fingerprint density at radius 2 is 1.57 bits per heavy atom. The summed E-state index contributed by atoms with van der Waals surface area (Å²) in [5, 5.41) is 27.7. The monoisotopic (exact) mass is 568 g/mol. The van der Waals surface area contributed by atoms with E-state index in [1.165, 1.54) is 6.92 Å². The van der Waals surface area contributed by atoms with E-state index in [0.29, 0.717) is 25.8 Å². The number of carboxylic acid groups (broad SMARTS) is 3. The van der Waals surface area contributed by atoms with Crippen molar-refractivity contribution >= 4 is 53.1 Å². The number of carbonyl (C=O) groups excluding carboxylic acids is 1. The van der Waals surface area contributed by atoms with Crippen molar-refractivity contribution < 1.29 is 34.5 Å². The van der Waals surface area contributed by atoms with Crippen molar-refractivity contribution in [3.63, 3.8) is 0 Å². The lowest BCUT2D eigenvalue weighted by atomic mass is 10.1. The zero-order valence-electron chi connectivity index (χ0n) is 20.6. The average molecular weight is 569 g/mol. The summed E-state index contributed by atoms with van der Waals surface area (Å²) < 4.78 is 0. The second-order valence-electron chi connectivity index (χ2n) is 7.49. The van der Waals surface area contributed by atoms with Crippen LogP contribution in [0.2, 0.25) is 0 Å². The van der Waals surface area contributed by atoms with Gasteiger partial charge in [-0.2, -0.15) is 0 Å². The van der Waals surface area contributed by atoms with E-state index in [1.54, 1.807) is 0 Å². The van der Waals surface area contributed by atoms with Crippen LogP contribution in [0, 0.1) is 0 Å². The summed E-state index contributed by atoms with van der Waals surface area (Å²) in [6, 6.07) is 7.46. The molecule has 2 rings (SSSR count). The summed E-state index contributed by atoms with van der Waals surface area (Å²) in [5.74, 6) is -2.67. The van der Waals surface area contributed by atoms with Gasteiger partial charge in [-0.05, 0) is 55.8 Å². The van der Waals surface area contributed by atoms with E-state index in [4.69, 9.17) is 38.3 Å². The molecule has 12 N–H and O–H groups in total. The number of halogens is 2. The number of nitrogens with one attached hydrogen (secondary N) is 1. The number of nitrogens with zero attached hydrogens (tertiary/aromatic N) is 1. The number of hydrogen-bond acceptors (Lipinski definition) is 8. The third-order valence-corrected chi connectivity index (χ3v) is 4.26. The first-order valence-electron chi connectivity index (χ1n) is 11.0. The second kappa shape index (κ2) is 23.4. The largest absolute Gasteiger partial charge is 0.480 e. The molecule has 0 saturated carbocycles. The summed E-state index contributed by atoms with van der Waals surface area (Å²) in [4.78, 5) is 43.6. The number of rotatable bonds is 9. The molecule has 1 heterocycles. The van der Waals surface area contributed by atoms with Gasteiger partial charge in [0.25, 0.3) is 0 Å². The van der Waals surface area contributed by atoms with Gasteiger partial charge in [-0.15, -0.1) is 12.4 Å². The fourth-order valence-electron chi connectivity index (χ4n) is 2.49. The quantitative estimate of drug-likeness (QED) is 0.0853. The smallest absolute Gasteiger partial charge is 0.320 e. The molecule has 0 amide bonds. The molecule has 212 valence electrons. The molecule has 1 aliphatic rings. The predicted octanol–water partition coefficient (Wildman–Crippen LogP) is 0.109. The molecular formula is C22H38Cl2N6O7. The zero-order chi connectivity index (χ0) is 28.1. The van der Waals surface area contributed by atoms with Crippen LogP contribution < -0.4 is 28.3 Å². The molecule has 2 unspecified atom stereocenters. The normalized spacial score (nSPS) is 14.8. The van der Waals surface area contributed by atoms with Crippen LogP contribution in [0.1, 0.15) is 38.2 Å². The number of aliphatic carboxylic acids is 3. The summed E-state index contributed by atoms with van der Waals surface area (Å²) in [5.41, 5.74) is 21.6. The third-order valence-electron chi connectivity index (χ3n) is 4.26. The highest BCUT2D eigenvalue weighted by molar-refractivity contribution is 6.62. The fraction of sp³-hybridized carbons (Fsp3) is 0.500. The Labute approximate surface area is 227 Å². The molecule has 0 radical (unpaired) electrons. The molecule has 15 heteroatoms. The minimum absolute atomic E-state index is 0. The Morgan fingerprint density at radius 3 is 1.92 bits per heavy atom. The summed E-state index contributed by atoms with van der Waals surface area (Å²) in [6.45, 7) is 2.57. The van der Waals surface area contributed by atoms with Gasteiger partial charge in [-0.25, -0.2) is 0 Å². The van der Waals surface area contributed by atoms with Crippen molar-refractivity contribution in [2.24, 2.45) is 27.9 Å². The highest BCUT2D eigenvalue weighted by Gasteiger charge is 2.20. The van der Waals surface area contributed by atoms with Gasteiger partial charge < -0.3 is 43.6 Å². The van der Waals surface area contributed by atoms with Gasteiger partial charge in [0.1, 0.15) is 18.1 Å². The predicted molar refractivity (Wildman–Crippen MR) is 144 cm³/mol. The summed E-state index contributed by atoms with van der Waals surface area (Å²) in [7, 11) is 0. The number of carbonyl (C=O) groups is 4. The maximum absolute atomic E-state index is 10.4. The molecule has 0 aliphatic carbocycles. The van der Waals surface area contributed by atoms with E-state index in [1.807, 2.05) is 30.3 Å². The van der Waals surface area contributed by atoms with E-state index in [2.05, 4.69) is 21.9 Å². The molecule has 1 aromatic rings. The lowest BCUT2D eigenvalue weighted by Gasteiger charge is -2.04. The van der Waals surface area contributed by atoms with E-state index >= 15 is 0 Å². The van der Waals surface area contributed by atoms with Gasteiger partial charge in [0.2, 0.25) is 5.24 Å². The number of benzene rings is 1. The molecule has 13 nitrogen and oxygen atoms in total. The molecule has 37 heavy (non-hydrogen) atoms. The van der Waals surface area contributed by atoms with Crippen LogP contribution in [0.25, 0.3) is 0 Å². The zero-order valence-corrected chi connectivity index (χ0v) is 22.2. The molecule has 0 spiro atoms. The molecule has 0 bridgehead atoms. The van der Waals surface area contributed by atoms with E-state index in [9.17, 15) is 19.2 Å². The van der Waals surface area contributed by atoms with Crippen molar-refractivity contribution in [3.8, 4) is 0 Å². The SMILES string of the molecule is CC(=O)Cl.Cl.NC(Cc1ccccc1)C(=O)O.NC(N)=NCCCC(N)C(=O)O.O=C(O)[C@@H]1CCCN1. The minimum Gasteiger partial charge on any atom is -0.480 e. The Morgan fingerprint density at radius 1 is 1.05 bits per heavy atom. The van der Waals surface area contributed by atoms with E-state index < -0.39 is 30.0 Å². The fourth-order valence-corrected chi connectivity index (χ4v) is 2.49. The topological polar surface area (TPSA) is 257 Å². The van der Waals surface area contributed by atoms with Gasteiger partial charge in [0.15, 0.2) is 5.96 Å². The molecular weight excluding hydrogens is 531 g/mol. The van der Waals surface area contributed by atoms with E-state index in [0.717, 1.165) is 24.9 Å². The Kier molecular flexibility index (Phi) is 24.4. The number of nitrogens with two attached hydrogens (primary N) is 4. The summed E-state index contributed by atoms with van der Waals surface area (Å²) >= 11 is 4.64. The molecule has 1 aromatic carbocycles. The van der Waals surface area contributed by atoms with Crippen LogP contribution in [-0.2, 0) is 25.6 Å². The van der Waals surface area contributed by atoms with Crippen LogP contribution in [0.5, 0.6) is 0 Å². The standard InChI is InChI=1S/C9H11NO2.C6H14N4O2.C5H9NO2.C2H3ClO.ClH/c10-8(9(11)12)6-7-4-2-1-3-5-7;7-4(5(11)12)2-1-3-10-6(8)9;7-5(8)4-2-1-3-6-4;1-2(3)4;/h1-5,8H,6,10H2,(H,11,12);4H,1-3,7H2,(H,11,12)(H4,8,9,10);4,6H,1-3H2,(H,7,8);1H3;1H/t;;4-;;/m..0../s1. The van der Waals surface area contributed by atoms with Crippen molar-refractivity contribution in [3.05, 3.63) is 35.9 Å². The van der Waals surface area contributed by atoms with Crippen molar-refractivity contribution in [1.29, 1.82) is 0 Å². The number of guanidine groups is 1. The number of hydrogen-bond donors (Lipinski definition) is 8. The lowest BCUT2D eigenvalue weighted by molar-refractivity contribution is -0.139. The highest BCUT2D eigenvalue weighted by Crippen LogP contribution is 2.03. The van der Waals surface area contributed by atoms with Crippen LogP contribution in [-0.4, -0.2) is 75.6 Å². The summed E-state index contributed by atoms with van der Waals surface area (Å²) in [6.07, 6.45) is 3.12. The van der Waals surface area contributed by atoms with Crippen LogP contribution in [0.3, 0.4) is 0 Å². The minimum atomic E-state index is -1.00. The lowest BCUT2D eigenvalue weighted by Crippen LogP contribution is -2.32. The van der Waals surface area contributed by atoms with Crippen LogP contribution >= 0.6 is 24.0 Å². The average Bonchev–Trinajstić information content (AvgIpc) is 3.33. The first-order chi connectivity index (χ1) is 16.8. The molecule has 1 saturated heterocycles. The maximum Gasteiger partial charge on any atom is 0.320 e. The maximum atomic E-state index is 10.4. The first kappa shape index (κ1) is 38.6. The number of carboxylic acids is 3. The third kappa shape index (κ3) is 25.9. The molecule has 1 fully saturated rings. The molecule has 3 atom stereocenters. The Hall–Kier alpha value is -2.97. The first-order valence-corrected chi connectivity index (χ1v) is 11.3. The highest BCUT2D eigenvalue weighted by atomic mass is 35.5. The van der Waals surface area contributed by atoms with Gasteiger partial charge in [0.05, 0.1) is 0 Å². The Bertz CT molecular complexity index is 817. The Balaban J connectivity index is -0.000000438. The molecule has 0 aromatic heterocycles. The van der Waals surface area contributed by atoms with Crippen molar-refractivity contribution in [1.82, 2.24) is 5.32 Å². The van der Waals surface area contributed by atoms with Gasteiger partial charge in [-0.1, -0.05) is 30.3 Å². The number of aliphatic imine (C=N–C) groups is 1. The van der Waals surface area contributed by atoms with Gasteiger partial charge >= 0.3 is 17.9 Å². The molecule has 1 aliphatic heterocycles. The van der Waals surface area contributed by atoms with Crippen molar-refractivity contribution in [2.75, 3.05) is 13.1 Å². The van der Waals surface area contributed by atoms with Gasteiger partial charge in [-0.3, -0.25) is 24.2 Å². The van der Waals surface area contributed by atoms with Crippen LogP contribution in [0.4, 0.5) is 0 Å². The van der Waals surface area contributed by atoms with E-state index in [-0.39, 0.29) is 29.7 Å². The van der Waals surface area contributed by atoms with Crippen molar-refractivity contribution in [2.45, 2.75) is 57.2 Å². The van der Waals surface area contributed by atoms with Gasteiger partial charge in [0, 0.05) is 13.5 Å². The van der Waals surface area contributed by atoms with Crippen LogP contribution in [0.15, 0.2) is 35.3 Å².